The molecule has 2 aliphatic rings. The van der Waals surface area contributed by atoms with E-state index in [1.807, 2.05) is 53.2 Å². The minimum atomic E-state index is -0.781. The lowest BCUT2D eigenvalue weighted by Gasteiger charge is -2.20. The number of para-hydroxylation sites is 2. The molecular weight excluding hydrogens is 380 g/mol. The molecule has 5 rings (SSSR count). The predicted octanol–water partition coefficient (Wildman–Crippen LogP) is 2.57. The Balaban J connectivity index is 1.34. The van der Waals surface area contributed by atoms with Gasteiger partial charge in [-0.25, -0.2) is 0 Å². The van der Waals surface area contributed by atoms with Crippen molar-refractivity contribution in [2.45, 2.75) is 24.9 Å². The predicted molar refractivity (Wildman–Crippen MR) is 112 cm³/mol. The van der Waals surface area contributed by atoms with E-state index < -0.39 is 6.04 Å². The maximum Gasteiger partial charge on any atom is 0.272 e. The molecule has 0 saturated carbocycles. The van der Waals surface area contributed by atoms with Crippen LogP contribution in [0.15, 0.2) is 60.7 Å². The summed E-state index contributed by atoms with van der Waals surface area (Å²) >= 11 is 0. The summed E-state index contributed by atoms with van der Waals surface area (Å²) in [6.45, 7) is 0.845. The Kier molecular flexibility index (Phi) is 4.50. The number of carbonyl (C=O) groups excluding carboxylic acids is 2. The van der Waals surface area contributed by atoms with E-state index >= 15 is 0 Å². The average Bonchev–Trinajstić information content (AvgIpc) is 3.34. The monoisotopic (exact) mass is 402 g/mol. The Bertz CT molecular complexity index is 1110. The standard InChI is InChI=1S/C23H22N4O3/c1-26-19-9-5-6-10-21(19)30-14-18(23(26)29)24-22(28)17-13-20-16(11-12-27(20)25-17)15-7-3-2-4-8-15/h2-10,13,16,18H,11-12,14H2,1H3,(H,24,28). The summed E-state index contributed by atoms with van der Waals surface area (Å²) in [6, 6.07) is 18.6. The highest BCUT2D eigenvalue weighted by Gasteiger charge is 2.32. The van der Waals surface area contributed by atoms with Crippen LogP contribution >= 0.6 is 0 Å². The fourth-order valence-electron chi connectivity index (χ4n) is 4.21. The number of nitrogens with zero attached hydrogens (tertiary/aromatic N) is 3. The van der Waals surface area contributed by atoms with Crippen LogP contribution in [0.2, 0.25) is 0 Å². The summed E-state index contributed by atoms with van der Waals surface area (Å²) in [5.41, 5.74) is 3.25. The Morgan fingerprint density at radius 1 is 1.13 bits per heavy atom. The molecule has 2 aromatic carbocycles. The molecule has 0 aliphatic carbocycles. The zero-order valence-electron chi connectivity index (χ0n) is 16.6. The van der Waals surface area contributed by atoms with Crippen molar-refractivity contribution in [2.75, 3.05) is 18.6 Å². The first-order valence-electron chi connectivity index (χ1n) is 10.0. The van der Waals surface area contributed by atoms with E-state index in [9.17, 15) is 9.59 Å². The lowest BCUT2D eigenvalue weighted by Crippen LogP contribution is -2.49. The van der Waals surface area contributed by atoms with Crippen molar-refractivity contribution in [3.05, 3.63) is 77.6 Å². The Hall–Kier alpha value is -3.61. The average molecular weight is 402 g/mol. The van der Waals surface area contributed by atoms with Crippen molar-refractivity contribution in [1.29, 1.82) is 0 Å². The minimum absolute atomic E-state index is 0.0755. The molecule has 2 amide bonds. The SMILES string of the molecule is CN1C(=O)C(NC(=O)c2cc3n(n2)CCC3c2ccccc2)COc2ccccc21. The summed E-state index contributed by atoms with van der Waals surface area (Å²) in [6.07, 6.45) is 0.965. The zero-order valence-corrected chi connectivity index (χ0v) is 16.6. The molecule has 3 aromatic rings. The number of hydrogen-bond donors (Lipinski definition) is 1. The van der Waals surface area contributed by atoms with Crippen molar-refractivity contribution in [2.24, 2.45) is 0 Å². The first kappa shape index (κ1) is 18.4. The number of aromatic nitrogens is 2. The van der Waals surface area contributed by atoms with E-state index in [0.29, 0.717) is 17.1 Å². The number of amides is 2. The molecule has 1 N–H and O–H groups in total. The van der Waals surface area contributed by atoms with Gasteiger partial charge < -0.3 is 15.0 Å². The van der Waals surface area contributed by atoms with Gasteiger partial charge in [-0.05, 0) is 30.2 Å². The first-order valence-corrected chi connectivity index (χ1v) is 10.0. The Labute approximate surface area is 174 Å². The van der Waals surface area contributed by atoms with E-state index in [1.165, 1.54) is 10.5 Å². The smallest absolute Gasteiger partial charge is 0.272 e. The van der Waals surface area contributed by atoms with Gasteiger partial charge in [-0.15, -0.1) is 0 Å². The lowest BCUT2D eigenvalue weighted by atomic mass is 9.95. The number of benzene rings is 2. The summed E-state index contributed by atoms with van der Waals surface area (Å²) < 4.78 is 7.66. The van der Waals surface area contributed by atoms with Crippen molar-refractivity contribution >= 4 is 17.5 Å². The maximum absolute atomic E-state index is 12.9. The summed E-state index contributed by atoms with van der Waals surface area (Å²) in [5.74, 6) is 0.257. The second-order valence-electron chi connectivity index (χ2n) is 7.63. The van der Waals surface area contributed by atoms with Gasteiger partial charge in [0.2, 0.25) is 0 Å². The van der Waals surface area contributed by atoms with Gasteiger partial charge in [0.15, 0.2) is 0 Å². The van der Waals surface area contributed by atoms with E-state index in [-0.39, 0.29) is 24.3 Å². The second kappa shape index (κ2) is 7.33. The summed E-state index contributed by atoms with van der Waals surface area (Å²) in [4.78, 5) is 27.3. The highest BCUT2D eigenvalue weighted by atomic mass is 16.5. The highest BCUT2D eigenvalue weighted by Crippen LogP contribution is 2.34. The first-order chi connectivity index (χ1) is 14.6. The van der Waals surface area contributed by atoms with Crippen LogP contribution in [0.25, 0.3) is 0 Å². The molecular formula is C23H22N4O3. The molecule has 0 radical (unpaired) electrons. The maximum atomic E-state index is 12.9. The molecule has 2 atom stereocenters. The van der Waals surface area contributed by atoms with Gasteiger partial charge in [0.05, 0.1) is 5.69 Å². The number of rotatable bonds is 3. The molecule has 7 nitrogen and oxygen atoms in total. The molecule has 0 fully saturated rings. The number of anilines is 1. The largest absolute Gasteiger partial charge is 0.489 e. The van der Waals surface area contributed by atoms with Gasteiger partial charge in [0, 0.05) is 25.2 Å². The third-order valence-corrected chi connectivity index (χ3v) is 5.80. The molecule has 3 heterocycles. The molecule has 152 valence electrons. The van der Waals surface area contributed by atoms with Crippen molar-refractivity contribution in [3.8, 4) is 5.75 Å². The third-order valence-electron chi connectivity index (χ3n) is 5.80. The van der Waals surface area contributed by atoms with Crippen molar-refractivity contribution in [1.82, 2.24) is 15.1 Å². The summed E-state index contributed by atoms with van der Waals surface area (Å²) in [5, 5.41) is 7.28. The van der Waals surface area contributed by atoms with Crippen LogP contribution in [-0.2, 0) is 11.3 Å². The zero-order chi connectivity index (χ0) is 20.7. The normalized spacial score (nSPS) is 20.2. The van der Waals surface area contributed by atoms with Crippen LogP contribution in [0.5, 0.6) is 5.75 Å². The fourth-order valence-corrected chi connectivity index (χ4v) is 4.21. The molecule has 1 aromatic heterocycles. The number of fused-ring (bicyclic) bond motifs is 2. The van der Waals surface area contributed by atoms with Crippen LogP contribution in [0.4, 0.5) is 5.69 Å². The minimum Gasteiger partial charge on any atom is -0.489 e. The van der Waals surface area contributed by atoms with Gasteiger partial charge in [-0.3, -0.25) is 14.3 Å². The number of likely N-dealkylation sites (N-methyl/N-ethyl adjacent to an activating group) is 1. The Morgan fingerprint density at radius 3 is 2.73 bits per heavy atom. The van der Waals surface area contributed by atoms with Crippen molar-refractivity contribution in [3.63, 3.8) is 0 Å². The third kappa shape index (κ3) is 3.12. The van der Waals surface area contributed by atoms with Gasteiger partial charge >= 0.3 is 0 Å². The molecule has 0 spiro atoms. The number of aryl methyl sites for hydroxylation is 1. The van der Waals surface area contributed by atoms with E-state index in [2.05, 4.69) is 22.5 Å². The van der Waals surface area contributed by atoms with Crippen molar-refractivity contribution < 1.29 is 14.3 Å². The van der Waals surface area contributed by atoms with Gasteiger partial charge in [-0.2, -0.15) is 5.10 Å². The van der Waals surface area contributed by atoms with E-state index in [1.54, 1.807) is 7.05 Å². The molecule has 0 bridgehead atoms. The highest BCUT2D eigenvalue weighted by molar-refractivity contribution is 6.02. The molecule has 30 heavy (non-hydrogen) atoms. The van der Waals surface area contributed by atoms with Crippen LogP contribution < -0.4 is 15.0 Å². The van der Waals surface area contributed by atoms with E-state index in [0.717, 1.165) is 18.7 Å². The van der Waals surface area contributed by atoms with E-state index in [4.69, 9.17) is 4.74 Å². The number of hydrogen-bond acceptors (Lipinski definition) is 4. The number of nitrogens with one attached hydrogen (secondary N) is 1. The van der Waals surface area contributed by atoms with Gasteiger partial charge in [-0.1, -0.05) is 42.5 Å². The number of carbonyl (C=O) groups is 2. The molecule has 2 unspecified atom stereocenters. The van der Waals surface area contributed by atoms with Crippen LogP contribution in [0.1, 0.15) is 34.1 Å². The molecule has 7 heteroatoms. The van der Waals surface area contributed by atoms with Gasteiger partial charge in [0.1, 0.15) is 24.1 Å². The van der Waals surface area contributed by atoms with Crippen LogP contribution in [0, 0.1) is 0 Å². The number of ether oxygens (including phenoxy) is 1. The molecule has 0 saturated heterocycles. The lowest BCUT2D eigenvalue weighted by molar-refractivity contribution is -0.120. The second-order valence-corrected chi connectivity index (χ2v) is 7.63. The fraction of sp³-hybridized carbons (Fsp3) is 0.261. The summed E-state index contributed by atoms with van der Waals surface area (Å²) in [7, 11) is 1.69. The molecule has 2 aliphatic heterocycles. The Morgan fingerprint density at radius 2 is 1.90 bits per heavy atom. The van der Waals surface area contributed by atoms with Gasteiger partial charge in [0.25, 0.3) is 11.8 Å². The quantitative estimate of drug-likeness (QED) is 0.731. The van der Waals surface area contributed by atoms with Crippen LogP contribution in [0.3, 0.4) is 0 Å². The topological polar surface area (TPSA) is 76.5 Å². The van der Waals surface area contributed by atoms with Crippen LogP contribution in [-0.4, -0.2) is 41.3 Å².